The number of nitrogens with zero attached hydrogens (tertiary/aromatic N) is 3. The van der Waals surface area contributed by atoms with Crippen LogP contribution < -0.4 is 10.1 Å². The first-order valence-corrected chi connectivity index (χ1v) is 16.0. The van der Waals surface area contributed by atoms with Gasteiger partial charge in [-0.1, -0.05) is 31.9 Å². The van der Waals surface area contributed by atoms with Crippen LogP contribution >= 0.6 is 0 Å². The number of carbonyl (C=O) groups excluding carboxylic acids is 1. The molecule has 2 atom stereocenters. The van der Waals surface area contributed by atoms with E-state index >= 15 is 0 Å². The van der Waals surface area contributed by atoms with Gasteiger partial charge in [-0.15, -0.1) is 0 Å². The Balaban J connectivity index is 2.45. The van der Waals surface area contributed by atoms with Gasteiger partial charge in [0.25, 0.3) is 0 Å². The maximum absolute atomic E-state index is 14.2. The molecule has 0 radical (unpaired) electrons. The quantitative estimate of drug-likeness (QED) is 0.0679. The molecule has 1 fully saturated rings. The van der Waals surface area contributed by atoms with Gasteiger partial charge in [0.15, 0.2) is 0 Å². The summed E-state index contributed by atoms with van der Waals surface area (Å²) in [6.45, 7) is 13.7. The summed E-state index contributed by atoms with van der Waals surface area (Å²) in [4.78, 5) is 19.5. The zero-order valence-corrected chi connectivity index (χ0v) is 28.2. The zero-order valence-electron chi connectivity index (χ0n) is 28.2. The first-order chi connectivity index (χ1) is 21.7. The molecule has 0 spiro atoms. The van der Waals surface area contributed by atoms with Crippen LogP contribution in [0.5, 0.6) is 5.75 Å². The molecule has 46 heavy (non-hydrogen) atoms. The van der Waals surface area contributed by atoms with E-state index < -0.39 is 23.4 Å². The summed E-state index contributed by atoms with van der Waals surface area (Å²) < 4.78 is 58.5. The number of nitriles is 1. The Bertz CT molecular complexity index is 1310. The number of benzene rings is 1. The van der Waals surface area contributed by atoms with Crippen LogP contribution in [0.4, 0.5) is 18.0 Å². The number of hydrogen-bond acceptors (Lipinski definition) is 7. The fourth-order valence-corrected chi connectivity index (χ4v) is 5.01. The molecule has 2 rings (SSSR count). The van der Waals surface area contributed by atoms with Crippen molar-refractivity contribution in [2.75, 3.05) is 13.2 Å². The molecule has 2 unspecified atom stereocenters. The van der Waals surface area contributed by atoms with E-state index in [-0.39, 0.29) is 30.0 Å². The summed E-state index contributed by atoms with van der Waals surface area (Å²) >= 11 is 0. The first kappa shape index (κ1) is 38.4. The topological polar surface area (TPSA) is 96.2 Å². The van der Waals surface area contributed by atoms with Gasteiger partial charge >= 0.3 is 228 Å². The molecule has 1 aromatic carbocycles. The normalized spacial score (nSPS) is 17.0. The number of carbonyl (C=O) groups is 1. The molecule has 1 aliphatic heterocycles. The van der Waals surface area contributed by atoms with Crippen LogP contribution in [0.15, 0.2) is 41.4 Å². The number of rotatable bonds is 15. The van der Waals surface area contributed by atoms with Crippen molar-refractivity contribution in [2.45, 2.75) is 111 Å². The monoisotopic (exact) mass is 644 g/mol. The van der Waals surface area contributed by atoms with Gasteiger partial charge in [-0.2, -0.15) is 0 Å². The van der Waals surface area contributed by atoms with Crippen molar-refractivity contribution < 1.29 is 32.1 Å². The van der Waals surface area contributed by atoms with Crippen LogP contribution in [0.3, 0.4) is 0 Å². The first-order valence-electron chi connectivity index (χ1n) is 16.0. The Kier molecular flexibility index (Phi) is 15.4. The molecular formula is C34H48BF3N4O4. The molecule has 0 aromatic heterocycles. The van der Waals surface area contributed by atoms with Gasteiger partial charge < -0.3 is 0 Å². The van der Waals surface area contributed by atoms with Gasteiger partial charge in [-0.05, 0) is 12.8 Å². The van der Waals surface area contributed by atoms with Crippen LogP contribution in [-0.2, 0) is 15.6 Å². The molecule has 8 nitrogen and oxygen atoms in total. The van der Waals surface area contributed by atoms with Gasteiger partial charge in [-0.25, -0.2) is 0 Å². The Morgan fingerprint density at radius 1 is 1.24 bits per heavy atom. The number of hydrogen-bond donors (Lipinski definition) is 1. The zero-order chi connectivity index (χ0) is 34.3. The Morgan fingerprint density at radius 3 is 2.57 bits per heavy atom. The van der Waals surface area contributed by atoms with Crippen molar-refractivity contribution in [1.82, 2.24) is 10.2 Å². The summed E-state index contributed by atoms with van der Waals surface area (Å²) in [6.07, 6.45) is 7.66. The van der Waals surface area contributed by atoms with Gasteiger partial charge in [0, 0.05) is 0 Å². The summed E-state index contributed by atoms with van der Waals surface area (Å²) in [6, 6.07) is 3.72. The predicted molar refractivity (Wildman–Crippen MR) is 177 cm³/mol. The molecule has 252 valence electrons. The van der Waals surface area contributed by atoms with E-state index in [0.717, 1.165) is 51.0 Å². The number of halogens is 3. The summed E-state index contributed by atoms with van der Waals surface area (Å²) in [5.74, 6) is -0.266. The van der Waals surface area contributed by atoms with Crippen molar-refractivity contribution >= 4 is 30.3 Å². The Morgan fingerprint density at radius 2 is 1.96 bits per heavy atom. The van der Waals surface area contributed by atoms with Crippen molar-refractivity contribution in [1.29, 1.82) is 5.26 Å². The minimum atomic E-state index is -4.62. The summed E-state index contributed by atoms with van der Waals surface area (Å²) in [5, 5.41) is 11.7. The number of ether oxygens (including phenoxy) is 2. The molecule has 1 heterocycles. The number of nitrogens with one attached hydrogen (secondary N) is 1. The third-order valence-electron chi connectivity index (χ3n) is 7.41. The van der Waals surface area contributed by atoms with Gasteiger partial charge in [0.1, 0.15) is 0 Å². The molecular weight excluding hydrogens is 596 g/mol. The van der Waals surface area contributed by atoms with E-state index in [9.17, 15) is 18.0 Å². The number of likely N-dealkylation sites (tertiary alicyclic amines) is 1. The predicted octanol–water partition coefficient (Wildman–Crippen LogP) is 8.26. The fourth-order valence-electron chi connectivity index (χ4n) is 5.01. The number of unbranched alkanes of at least 4 members (excludes halogenated alkanes) is 2. The third-order valence-corrected chi connectivity index (χ3v) is 7.41. The van der Waals surface area contributed by atoms with E-state index in [1.165, 1.54) is 6.07 Å². The average Bonchev–Trinajstić information content (AvgIpc) is 3.47. The number of amides is 1. The van der Waals surface area contributed by atoms with Crippen molar-refractivity contribution in [3.05, 3.63) is 47.6 Å². The fraction of sp³-hybridized carbons (Fsp3) is 0.588. The maximum atomic E-state index is 14.2. The summed E-state index contributed by atoms with van der Waals surface area (Å²) in [5.41, 5.74) is 0.0612. The SMILES string of the molecule is C/C=C(\N=C(C(C)CC)C1CCCN1C(=BOC#N)NC(=O)OC(C)(C)C)c1ccc(OCC/C=C\CCCC)c(C(F)(F)F)c1. The summed E-state index contributed by atoms with van der Waals surface area (Å²) in [7, 11) is 1.16. The third kappa shape index (κ3) is 12.2. The van der Waals surface area contributed by atoms with E-state index in [2.05, 4.69) is 12.2 Å². The molecule has 1 saturated heterocycles. The second-order valence-corrected chi connectivity index (χ2v) is 12.2. The van der Waals surface area contributed by atoms with Gasteiger partial charge in [0.2, 0.25) is 0 Å². The number of aliphatic imine (C=N–C) groups is 1. The number of allylic oxidation sites excluding steroid dienone is 2. The number of alkyl carbamates (subject to hydrolysis) is 1. The minimum absolute atomic E-state index is 0.0460. The van der Waals surface area contributed by atoms with Crippen LogP contribution in [0.2, 0.25) is 0 Å². The van der Waals surface area contributed by atoms with Crippen molar-refractivity contribution in [2.24, 2.45) is 10.9 Å². The number of alkyl halides is 3. The molecule has 1 N–H and O–H groups in total. The van der Waals surface area contributed by atoms with Crippen molar-refractivity contribution in [3.63, 3.8) is 0 Å². The van der Waals surface area contributed by atoms with Crippen LogP contribution in [0.25, 0.3) is 5.70 Å². The van der Waals surface area contributed by atoms with E-state index in [1.54, 1.807) is 46.1 Å². The second kappa shape index (κ2) is 18.4. The van der Waals surface area contributed by atoms with E-state index in [1.807, 2.05) is 30.9 Å². The van der Waals surface area contributed by atoms with Gasteiger partial charge in [-0.3, -0.25) is 0 Å². The second-order valence-electron chi connectivity index (χ2n) is 12.2. The van der Waals surface area contributed by atoms with E-state index in [4.69, 9.17) is 24.4 Å². The molecule has 1 aliphatic rings. The molecule has 1 amide bonds. The van der Waals surface area contributed by atoms with Crippen LogP contribution in [0.1, 0.15) is 105 Å². The molecule has 0 aliphatic carbocycles. The van der Waals surface area contributed by atoms with E-state index in [0.29, 0.717) is 30.6 Å². The molecule has 0 bridgehead atoms. The average molecular weight is 645 g/mol. The molecule has 1 aromatic rings. The van der Waals surface area contributed by atoms with Crippen LogP contribution in [-0.4, -0.2) is 54.3 Å². The molecule has 0 saturated carbocycles. The Hall–Kier alpha value is -3.75. The Labute approximate surface area is 272 Å². The standard InChI is InChI=1S/C34H48BF3N4O4/c1-8-11-12-13-14-15-21-44-29-19-18-25(22-26(29)34(36,37)38)27(10-3)40-30(24(4)9-2)28-17-16-20-42(28)31(35-45-23-39)41-32(43)46-33(5,6)7/h10,13-14,18-19,22,24,28H,8-9,11-12,15-17,20-21H2,1-7H3,(H,41,43)/b14-13-,27-10-,40-30?. The van der Waals surface area contributed by atoms with Crippen molar-refractivity contribution in [3.8, 4) is 12.0 Å². The molecule has 12 heteroatoms. The van der Waals surface area contributed by atoms with Gasteiger partial charge in [0.05, 0.1) is 0 Å². The van der Waals surface area contributed by atoms with Crippen LogP contribution in [0, 0.1) is 17.4 Å².